The van der Waals surface area contributed by atoms with Crippen LogP contribution in [0.25, 0.3) is 10.9 Å². The molecule has 1 aromatic heterocycles. The fraction of sp³-hybridized carbons (Fsp3) is 0.188. The number of aromatic amines is 1. The summed E-state index contributed by atoms with van der Waals surface area (Å²) in [6, 6.07) is 10.4. The zero-order valence-corrected chi connectivity index (χ0v) is 13.4. The van der Waals surface area contributed by atoms with Gasteiger partial charge in [-0.05, 0) is 30.5 Å². The fourth-order valence-corrected chi connectivity index (χ4v) is 1.49. The van der Waals surface area contributed by atoms with Crippen LogP contribution in [-0.2, 0) is 14.4 Å². The molecule has 7 N–H and O–H groups in total. The van der Waals surface area contributed by atoms with Crippen molar-refractivity contribution in [2.45, 2.75) is 19.1 Å². The number of nitrogens with two attached hydrogens (primary N) is 1. The van der Waals surface area contributed by atoms with Crippen LogP contribution in [0.1, 0.15) is 5.69 Å². The molecular formula is C16H20N2O7. The van der Waals surface area contributed by atoms with Gasteiger partial charge in [-0.3, -0.25) is 4.79 Å². The number of carboxylic acids is 2. The zero-order chi connectivity index (χ0) is 19.6. The van der Waals surface area contributed by atoms with Crippen molar-refractivity contribution in [2.75, 3.05) is 0 Å². The summed E-state index contributed by atoms with van der Waals surface area (Å²) in [5.74, 6) is -4.02. The number of carbonyl (C=O) groups is 3. The van der Waals surface area contributed by atoms with E-state index in [0.29, 0.717) is 0 Å². The summed E-state index contributed by atoms with van der Waals surface area (Å²) in [7, 11) is 0. The predicted molar refractivity (Wildman–Crippen MR) is 89.7 cm³/mol. The molecule has 0 aliphatic carbocycles. The Kier molecular flexibility index (Phi) is 9.23. The standard InChI is InChI=1S/C9H9N.C4H6O6.C3H5NO/c1-7-6-8-4-2-3-5-9(8)10-7;5-1(3(7)8)2(6)4(9)10;1-2-3(4)5/h2-6,10H,1H3;1-2,5-6H,(H,7,8)(H,9,10);2H,1H2,(H2,4,5). The molecule has 0 aliphatic heterocycles. The van der Waals surface area contributed by atoms with Gasteiger partial charge in [-0.1, -0.05) is 24.8 Å². The van der Waals surface area contributed by atoms with Gasteiger partial charge in [-0.25, -0.2) is 9.59 Å². The summed E-state index contributed by atoms with van der Waals surface area (Å²) < 4.78 is 0. The second-order valence-corrected chi connectivity index (χ2v) is 4.71. The number of aliphatic carboxylic acids is 2. The molecule has 2 unspecified atom stereocenters. The van der Waals surface area contributed by atoms with E-state index in [4.69, 9.17) is 20.4 Å². The summed E-state index contributed by atoms with van der Waals surface area (Å²) in [5, 5.41) is 33.8. The van der Waals surface area contributed by atoms with E-state index in [1.54, 1.807) is 0 Å². The molecule has 2 atom stereocenters. The molecule has 136 valence electrons. The van der Waals surface area contributed by atoms with Crippen molar-refractivity contribution in [2.24, 2.45) is 5.73 Å². The molecule has 1 heterocycles. The number of carboxylic acid groups (broad SMARTS) is 2. The summed E-state index contributed by atoms with van der Waals surface area (Å²) in [5.41, 5.74) is 6.98. The highest BCUT2D eigenvalue weighted by atomic mass is 16.4. The molecule has 2 aromatic rings. The van der Waals surface area contributed by atoms with Crippen LogP contribution in [0, 0.1) is 6.92 Å². The molecule has 1 aromatic carbocycles. The number of benzene rings is 1. The Morgan fingerprint density at radius 1 is 1.12 bits per heavy atom. The predicted octanol–water partition coefficient (Wildman–Crippen LogP) is 0.0114. The number of primary amides is 1. The van der Waals surface area contributed by atoms with Crippen molar-refractivity contribution in [1.82, 2.24) is 4.98 Å². The minimum Gasteiger partial charge on any atom is -0.479 e. The first-order valence-corrected chi connectivity index (χ1v) is 6.88. The van der Waals surface area contributed by atoms with Crippen molar-refractivity contribution >= 4 is 28.7 Å². The summed E-state index contributed by atoms with van der Waals surface area (Å²) in [6.45, 7) is 5.16. The molecule has 0 radical (unpaired) electrons. The fourth-order valence-electron chi connectivity index (χ4n) is 1.49. The molecule has 9 nitrogen and oxygen atoms in total. The van der Waals surface area contributed by atoms with Crippen LogP contribution < -0.4 is 5.73 Å². The number of nitrogens with one attached hydrogen (secondary N) is 1. The highest BCUT2D eigenvalue weighted by Crippen LogP contribution is 2.12. The van der Waals surface area contributed by atoms with E-state index >= 15 is 0 Å². The van der Waals surface area contributed by atoms with Gasteiger partial charge in [0.05, 0.1) is 0 Å². The van der Waals surface area contributed by atoms with Gasteiger partial charge in [0.1, 0.15) is 0 Å². The van der Waals surface area contributed by atoms with Gasteiger partial charge in [0.25, 0.3) is 0 Å². The van der Waals surface area contributed by atoms with Crippen molar-refractivity contribution in [3.63, 3.8) is 0 Å². The van der Waals surface area contributed by atoms with Crippen LogP contribution in [0.4, 0.5) is 0 Å². The minimum absolute atomic E-state index is 0.481. The van der Waals surface area contributed by atoms with E-state index in [2.05, 4.69) is 48.5 Å². The van der Waals surface area contributed by atoms with Crippen LogP contribution in [-0.4, -0.2) is 55.5 Å². The third kappa shape index (κ3) is 8.30. The second kappa shape index (κ2) is 10.6. The first kappa shape index (κ1) is 21.8. The van der Waals surface area contributed by atoms with Gasteiger partial charge in [0.2, 0.25) is 5.91 Å². The normalized spacial score (nSPS) is 11.8. The average molecular weight is 352 g/mol. The van der Waals surface area contributed by atoms with Gasteiger partial charge in [-0.2, -0.15) is 0 Å². The van der Waals surface area contributed by atoms with Crippen molar-refractivity contribution < 1.29 is 34.8 Å². The number of H-pyrrole nitrogens is 1. The molecule has 2 rings (SSSR count). The number of hydrogen-bond donors (Lipinski definition) is 6. The summed E-state index contributed by atoms with van der Waals surface area (Å²) in [6.07, 6.45) is -3.48. The first-order chi connectivity index (χ1) is 11.6. The smallest absolute Gasteiger partial charge is 0.335 e. The lowest BCUT2D eigenvalue weighted by Crippen LogP contribution is -2.39. The quantitative estimate of drug-likeness (QED) is 0.420. The SMILES string of the molecule is C=CC(N)=O.Cc1cc2ccccc2[nH]1.O=C(O)C(O)C(O)C(=O)O. The summed E-state index contributed by atoms with van der Waals surface area (Å²) >= 11 is 0. The van der Waals surface area contributed by atoms with E-state index in [9.17, 15) is 14.4 Å². The highest BCUT2D eigenvalue weighted by molar-refractivity contribution is 5.85. The lowest BCUT2D eigenvalue weighted by Gasteiger charge is -2.07. The van der Waals surface area contributed by atoms with Crippen molar-refractivity contribution in [3.05, 3.63) is 48.7 Å². The number of hydrogen-bond acceptors (Lipinski definition) is 5. The van der Waals surface area contributed by atoms with E-state index in [-0.39, 0.29) is 0 Å². The second-order valence-electron chi connectivity index (χ2n) is 4.71. The molecule has 0 aliphatic rings. The molecule has 0 fully saturated rings. The van der Waals surface area contributed by atoms with Gasteiger partial charge in [0.15, 0.2) is 12.2 Å². The van der Waals surface area contributed by atoms with Crippen molar-refractivity contribution in [1.29, 1.82) is 0 Å². The van der Waals surface area contributed by atoms with Crippen molar-refractivity contribution in [3.8, 4) is 0 Å². The van der Waals surface area contributed by atoms with Crippen LogP contribution in [0.15, 0.2) is 43.0 Å². The van der Waals surface area contributed by atoms with Crippen LogP contribution in [0.2, 0.25) is 0 Å². The topological polar surface area (TPSA) is 174 Å². The number of aliphatic hydroxyl groups is 2. The molecular weight excluding hydrogens is 332 g/mol. The Bertz CT molecular complexity index is 688. The van der Waals surface area contributed by atoms with E-state index in [0.717, 1.165) is 6.08 Å². The Hall–Kier alpha value is -3.17. The number of aliphatic hydroxyl groups excluding tert-OH is 2. The Morgan fingerprint density at radius 3 is 1.92 bits per heavy atom. The number of carbonyl (C=O) groups excluding carboxylic acids is 1. The Labute approximate surface area is 143 Å². The maximum Gasteiger partial charge on any atom is 0.335 e. The number of amides is 1. The van der Waals surface area contributed by atoms with Gasteiger partial charge in [-0.15, -0.1) is 0 Å². The van der Waals surface area contributed by atoms with Crippen LogP contribution >= 0.6 is 0 Å². The Balaban J connectivity index is 0.000000368. The molecule has 0 saturated carbocycles. The monoisotopic (exact) mass is 352 g/mol. The Morgan fingerprint density at radius 2 is 1.56 bits per heavy atom. The first-order valence-electron chi connectivity index (χ1n) is 6.88. The van der Waals surface area contributed by atoms with E-state index in [1.807, 2.05) is 6.07 Å². The number of aromatic nitrogens is 1. The molecule has 1 amide bonds. The van der Waals surface area contributed by atoms with Crippen LogP contribution in [0.5, 0.6) is 0 Å². The molecule has 0 spiro atoms. The largest absolute Gasteiger partial charge is 0.479 e. The summed E-state index contributed by atoms with van der Waals surface area (Å²) in [4.78, 5) is 32.3. The molecule has 0 bridgehead atoms. The van der Waals surface area contributed by atoms with Crippen LogP contribution in [0.3, 0.4) is 0 Å². The van der Waals surface area contributed by atoms with Gasteiger partial charge in [0, 0.05) is 11.2 Å². The third-order valence-electron chi connectivity index (χ3n) is 2.67. The van der Waals surface area contributed by atoms with E-state index < -0.39 is 30.1 Å². The molecule has 0 saturated heterocycles. The highest BCUT2D eigenvalue weighted by Gasteiger charge is 2.29. The number of aryl methyl sites for hydroxylation is 1. The third-order valence-corrected chi connectivity index (χ3v) is 2.67. The lowest BCUT2D eigenvalue weighted by atomic mass is 10.2. The maximum absolute atomic E-state index is 9.77. The van der Waals surface area contributed by atoms with Gasteiger partial charge < -0.3 is 31.1 Å². The number of fused-ring (bicyclic) bond motifs is 1. The van der Waals surface area contributed by atoms with E-state index in [1.165, 1.54) is 16.6 Å². The zero-order valence-electron chi connectivity index (χ0n) is 13.4. The number of rotatable bonds is 4. The number of para-hydroxylation sites is 1. The minimum atomic E-state index is -2.27. The van der Waals surface area contributed by atoms with Gasteiger partial charge >= 0.3 is 11.9 Å². The lowest BCUT2D eigenvalue weighted by molar-refractivity contribution is -0.165. The molecule has 25 heavy (non-hydrogen) atoms. The average Bonchev–Trinajstić information content (AvgIpc) is 2.94. The maximum atomic E-state index is 9.77. The molecule has 9 heteroatoms.